The van der Waals surface area contributed by atoms with E-state index in [9.17, 15) is 13.6 Å². The summed E-state index contributed by atoms with van der Waals surface area (Å²) in [6, 6.07) is 10.0. The van der Waals surface area contributed by atoms with Crippen LogP contribution in [0.2, 0.25) is 0 Å². The smallest absolute Gasteiger partial charge is 0.318 e. The van der Waals surface area contributed by atoms with Crippen molar-refractivity contribution in [1.82, 2.24) is 10.2 Å². The van der Waals surface area contributed by atoms with E-state index in [0.29, 0.717) is 24.2 Å². The number of urea groups is 1. The molecule has 0 fully saturated rings. The minimum absolute atomic E-state index is 0.156. The molecule has 4 nitrogen and oxygen atoms in total. The van der Waals surface area contributed by atoms with Crippen molar-refractivity contribution in [3.05, 3.63) is 65.2 Å². The lowest BCUT2D eigenvalue weighted by molar-refractivity contribution is 0.194. The molecule has 2 aromatic carbocycles. The topological polar surface area (TPSA) is 41.6 Å². The Morgan fingerprint density at radius 2 is 2.00 bits per heavy atom. The monoisotopic (exact) mass is 348 g/mol. The Morgan fingerprint density at radius 1 is 1.24 bits per heavy atom. The van der Waals surface area contributed by atoms with Crippen LogP contribution in [0.4, 0.5) is 13.6 Å². The fraction of sp³-hybridized carbons (Fsp3) is 0.316. The van der Waals surface area contributed by atoms with Crippen LogP contribution in [-0.4, -0.2) is 24.6 Å². The van der Waals surface area contributed by atoms with Crippen LogP contribution in [0, 0.1) is 11.6 Å². The van der Waals surface area contributed by atoms with Gasteiger partial charge in [-0.25, -0.2) is 13.6 Å². The van der Waals surface area contributed by atoms with Crippen molar-refractivity contribution in [2.75, 3.05) is 13.7 Å². The predicted molar refractivity (Wildman–Crippen MR) is 92.4 cm³/mol. The molecule has 0 spiro atoms. The summed E-state index contributed by atoms with van der Waals surface area (Å²) in [5.41, 5.74) is 1.34. The first-order valence-electron chi connectivity index (χ1n) is 8.08. The lowest BCUT2D eigenvalue weighted by Crippen LogP contribution is -2.40. The highest BCUT2D eigenvalue weighted by Gasteiger charge is 2.17. The molecular weight excluding hydrogens is 326 g/mol. The summed E-state index contributed by atoms with van der Waals surface area (Å²) in [5.74, 6) is -0.659. The molecule has 0 saturated carbocycles. The maximum absolute atomic E-state index is 13.8. The van der Waals surface area contributed by atoms with Gasteiger partial charge in [-0.05, 0) is 49.2 Å². The van der Waals surface area contributed by atoms with E-state index in [2.05, 4.69) is 5.32 Å². The van der Waals surface area contributed by atoms with Crippen LogP contribution in [0.1, 0.15) is 31.0 Å². The summed E-state index contributed by atoms with van der Waals surface area (Å²) in [6.07, 6.45) is 0. The minimum atomic E-state index is -0.479. The number of amides is 2. The highest BCUT2D eigenvalue weighted by Crippen LogP contribution is 2.22. The Hall–Kier alpha value is -2.63. The molecule has 1 atom stereocenters. The van der Waals surface area contributed by atoms with E-state index < -0.39 is 5.82 Å². The lowest BCUT2D eigenvalue weighted by Gasteiger charge is -2.24. The molecule has 2 aromatic rings. The van der Waals surface area contributed by atoms with Crippen LogP contribution < -0.4 is 10.1 Å². The Kier molecular flexibility index (Phi) is 6.33. The predicted octanol–water partition coefficient (Wildman–Crippen LogP) is 4.27. The molecule has 0 aromatic heterocycles. The maximum atomic E-state index is 13.8. The van der Waals surface area contributed by atoms with Gasteiger partial charge in [0.25, 0.3) is 0 Å². The van der Waals surface area contributed by atoms with Crippen molar-refractivity contribution in [2.45, 2.75) is 26.4 Å². The van der Waals surface area contributed by atoms with Gasteiger partial charge in [0, 0.05) is 13.1 Å². The summed E-state index contributed by atoms with van der Waals surface area (Å²) in [6.45, 7) is 4.38. The third-order valence-corrected chi connectivity index (χ3v) is 3.95. The highest BCUT2D eigenvalue weighted by molar-refractivity contribution is 5.74. The number of halogens is 2. The number of benzene rings is 2. The second-order valence-corrected chi connectivity index (χ2v) is 5.71. The third-order valence-electron chi connectivity index (χ3n) is 3.95. The van der Waals surface area contributed by atoms with Crippen LogP contribution in [0.25, 0.3) is 0 Å². The second kappa shape index (κ2) is 8.46. The van der Waals surface area contributed by atoms with Gasteiger partial charge in [0.2, 0.25) is 0 Å². The van der Waals surface area contributed by atoms with E-state index in [-0.39, 0.29) is 23.6 Å². The molecule has 2 rings (SSSR count). The van der Waals surface area contributed by atoms with E-state index in [1.165, 1.54) is 31.4 Å². The normalized spacial score (nSPS) is 11.7. The second-order valence-electron chi connectivity index (χ2n) is 5.71. The van der Waals surface area contributed by atoms with E-state index in [0.717, 1.165) is 0 Å². The fourth-order valence-electron chi connectivity index (χ4n) is 2.49. The minimum Gasteiger partial charge on any atom is -0.494 e. The summed E-state index contributed by atoms with van der Waals surface area (Å²) < 4.78 is 32.0. The Labute approximate surface area is 146 Å². The molecule has 134 valence electrons. The van der Waals surface area contributed by atoms with Crippen molar-refractivity contribution in [3.63, 3.8) is 0 Å². The quantitative estimate of drug-likeness (QED) is 0.847. The van der Waals surface area contributed by atoms with Crippen LogP contribution in [0.15, 0.2) is 42.5 Å². The van der Waals surface area contributed by atoms with Gasteiger partial charge in [0.1, 0.15) is 5.82 Å². The van der Waals surface area contributed by atoms with Gasteiger partial charge < -0.3 is 15.0 Å². The molecule has 0 radical (unpaired) electrons. The number of carbonyl (C=O) groups is 1. The van der Waals surface area contributed by atoms with E-state index in [1.807, 2.05) is 6.92 Å². The molecule has 2 amide bonds. The standard InChI is InChI=1S/C19H22F2N2O2/c1-4-23(12-14-6-5-7-16(20)10-14)19(24)22-13(2)15-8-9-18(25-3)17(21)11-15/h5-11,13H,4,12H2,1-3H3,(H,22,24). The van der Waals surface area contributed by atoms with Gasteiger partial charge in [0.05, 0.1) is 13.2 Å². The molecule has 1 N–H and O–H groups in total. The van der Waals surface area contributed by atoms with E-state index in [4.69, 9.17) is 4.74 Å². The molecule has 1 unspecified atom stereocenters. The SMILES string of the molecule is CCN(Cc1cccc(F)c1)C(=O)NC(C)c1ccc(OC)c(F)c1. The number of carbonyl (C=O) groups excluding carboxylic acids is 1. The summed E-state index contributed by atoms with van der Waals surface area (Å²) >= 11 is 0. The fourth-order valence-corrected chi connectivity index (χ4v) is 2.49. The largest absolute Gasteiger partial charge is 0.494 e. The molecule has 0 bridgehead atoms. The van der Waals surface area contributed by atoms with E-state index >= 15 is 0 Å². The van der Waals surface area contributed by atoms with Crippen LogP contribution in [0.5, 0.6) is 5.75 Å². The van der Waals surface area contributed by atoms with Crippen molar-refractivity contribution in [2.24, 2.45) is 0 Å². The van der Waals surface area contributed by atoms with Crippen LogP contribution in [-0.2, 0) is 6.54 Å². The lowest BCUT2D eigenvalue weighted by atomic mass is 10.1. The molecular formula is C19H22F2N2O2. The molecule has 0 heterocycles. The van der Waals surface area contributed by atoms with Gasteiger partial charge in [0.15, 0.2) is 11.6 Å². The maximum Gasteiger partial charge on any atom is 0.318 e. The molecule has 0 saturated heterocycles. The Bertz CT molecular complexity index is 737. The molecule has 0 aliphatic heterocycles. The van der Waals surface area contributed by atoms with Gasteiger partial charge in [-0.15, -0.1) is 0 Å². The highest BCUT2D eigenvalue weighted by atomic mass is 19.1. The van der Waals surface area contributed by atoms with E-state index in [1.54, 1.807) is 30.0 Å². The zero-order valence-electron chi connectivity index (χ0n) is 14.6. The molecule has 25 heavy (non-hydrogen) atoms. The van der Waals surface area contributed by atoms with Gasteiger partial charge in [-0.2, -0.15) is 0 Å². The molecule has 0 aliphatic carbocycles. The van der Waals surface area contributed by atoms with Crippen molar-refractivity contribution in [3.8, 4) is 5.75 Å². The average molecular weight is 348 g/mol. The number of nitrogens with zero attached hydrogens (tertiary/aromatic N) is 1. The molecule has 0 aliphatic rings. The first-order chi connectivity index (χ1) is 11.9. The van der Waals surface area contributed by atoms with Crippen molar-refractivity contribution < 1.29 is 18.3 Å². The van der Waals surface area contributed by atoms with Crippen LogP contribution in [0.3, 0.4) is 0 Å². The first kappa shape index (κ1) is 18.7. The summed E-state index contributed by atoms with van der Waals surface area (Å²) in [5, 5.41) is 2.83. The Morgan fingerprint density at radius 3 is 2.60 bits per heavy atom. The number of hydrogen-bond acceptors (Lipinski definition) is 2. The Balaban J connectivity index is 2.04. The van der Waals surface area contributed by atoms with Gasteiger partial charge in [-0.3, -0.25) is 0 Å². The van der Waals surface area contributed by atoms with Gasteiger partial charge >= 0.3 is 6.03 Å². The summed E-state index contributed by atoms with van der Waals surface area (Å²) in [4.78, 5) is 14.0. The van der Waals surface area contributed by atoms with Crippen molar-refractivity contribution in [1.29, 1.82) is 0 Å². The third kappa shape index (κ3) is 4.92. The van der Waals surface area contributed by atoms with Crippen LogP contribution >= 0.6 is 0 Å². The number of nitrogens with one attached hydrogen (secondary N) is 1. The first-order valence-corrected chi connectivity index (χ1v) is 8.08. The van der Waals surface area contributed by atoms with Gasteiger partial charge in [-0.1, -0.05) is 18.2 Å². The molecule has 6 heteroatoms. The zero-order chi connectivity index (χ0) is 18.4. The average Bonchev–Trinajstić information content (AvgIpc) is 2.59. The number of methoxy groups -OCH3 is 1. The number of rotatable bonds is 6. The number of hydrogen-bond donors (Lipinski definition) is 1. The zero-order valence-corrected chi connectivity index (χ0v) is 14.6. The number of ether oxygens (including phenoxy) is 1. The van der Waals surface area contributed by atoms with Crippen molar-refractivity contribution >= 4 is 6.03 Å². The summed E-state index contributed by atoms with van der Waals surface area (Å²) in [7, 11) is 1.40.